The lowest BCUT2D eigenvalue weighted by atomic mass is 9.91. The standard InChI is InChI=1S/2C29H39N5O2.C21H31N3O2.2C4H4O4/c2*1-4-34-23(17-30)8-9-24(34)18-33-15-13-21(14-16-33)7-11-27-25-10-12-28(35-20-22-5-6-22)26(19-32(2)3)29(25)36-31-27;1-24(2)13-18-20(25-14-16-3-4-16)8-6-17-19(23-26-21(17)18)7-5-15-9-11-22-12-10-15;2*5-3(6)1-2-4(7)8/h2*8-10,12,21-22H,4-7,11,13-16,18-20H2,1-3H3;6,8,15-16,22H,3-5,7,9-14H2,1-2H3;2*1-2H,(H,5,6)(H,7,8)/b;;;2*2-1+. The van der Waals surface area contributed by atoms with Crippen molar-refractivity contribution in [3.05, 3.63) is 142 Å². The second-order valence-electron chi connectivity index (χ2n) is 32.0. The summed E-state index contributed by atoms with van der Waals surface area (Å²) in [7, 11) is 12.5. The molecular formula is C87H117N13O14. The van der Waals surface area contributed by atoms with Crippen LogP contribution in [0.3, 0.4) is 0 Å². The van der Waals surface area contributed by atoms with Crippen LogP contribution in [0.25, 0.3) is 32.9 Å². The molecule has 6 fully saturated rings. The molecule has 3 saturated heterocycles. The molecule has 14 rings (SSSR count). The number of carbonyl (C=O) groups is 4. The van der Waals surface area contributed by atoms with Crippen molar-refractivity contribution < 1.29 is 67.4 Å². The number of carboxylic acids is 4. The summed E-state index contributed by atoms with van der Waals surface area (Å²) in [4.78, 5) is 49.8. The average Bonchev–Trinajstić information content (AvgIpc) is 1.56. The number of aryl methyl sites for hydroxylation is 3. The highest BCUT2D eigenvalue weighted by atomic mass is 16.5. The van der Waals surface area contributed by atoms with Gasteiger partial charge in [0.25, 0.3) is 0 Å². The maximum absolute atomic E-state index is 9.55. The van der Waals surface area contributed by atoms with E-state index in [-0.39, 0.29) is 0 Å². The molecule has 3 aliphatic heterocycles. The first-order chi connectivity index (χ1) is 55.1. The van der Waals surface area contributed by atoms with Crippen LogP contribution >= 0.6 is 0 Å². The Morgan fingerprint density at radius 3 is 1.01 bits per heavy atom. The number of nitrogens with zero attached hydrogens (tertiary/aromatic N) is 12. The van der Waals surface area contributed by atoms with E-state index in [0.717, 1.165) is 256 Å². The van der Waals surface area contributed by atoms with E-state index in [2.05, 4.69) is 171 Å². The number of rotatable bonds is 34. The predicted octanol–water partition coefficient (Wildman–Crippen LogP) is 13.5. The normalized spacial score (nSPS) is 16.5. The van der Waals surface area contributed by atoms with Crippen molar-refractivity contribution in [2.45, 2.75) is 175 Å². The second-order valence-corrected chi connectivity index (χ2v) is 32.0. The summed E-state index contributed by atoms with van der Waals surface area (Å²) in [5, 5.41) is 70.2. The number of aromatic nitrogens is 5. The van der Waals surface area contributed by atoms with Gasteiger partial charge in [0.1, 0.15) is 40.8 Å². The number of benzene rings is 3. The third-order valence-corrected chi connectivity index (χ3v) is 22.0. The van der Waals surface area contributed by atoms with Crippen LogP contribution in [0, 0.1) is 58.2 Å². The molecule has 5 N–H and O–H groups in total. The lowest BCUT2D eigenvalue weighted by Gasteiger charge is -2.32. The summed E-state index contributed by atoms with van der Waals surface area (Å²) < 4.78 is 40.4. The van der Waals surface area contributed by atoms with E-state index < -0.39 is 23.9 Å². The minimum absolute atomic E-state index is 0.558. The average molecular weight is 1570 g/mol. The largest absolute Gasteiger partial charge is 0.493 e. The molecule has 114 heavy (non-hydrogen) atoms. The molecule has 27 heteroatoms. The zero-order chi connectivity index (χ0) is 81.2. The van der Waals surface area contributed by atoms with E-state index in [1.807, 2.05) is 12.1 Å². The fourth-order valence-electron chi connectivity index (χ4n) is 15.1. The number of hydrogen-bond acceptors (Lipinski definition) is 21. The number of ether oxygens (including phenoxy) is 3. The van der Waals surface area contributed by atoms with E-state index in [1.54, 1.807) is 0 Å². The van der Waals surface area contributed by atoms with Gasteiger partial charge in [-0.3, -0.25) is 9.80 Å². The van der Waals surface area contributed by atoms with Gasteiger partial charge in [0.05, 0.1) is 53.6 Å². The van der Waals surface area contributed by atoms with Gasteiger partial charge in [-0.25, -0.2) is 19.2 Å². The molecule has 5 aromatic heterocycles. The molecule has 0 unspecified atom stereocenters. The Balaban J connectivity index is 0.000000166. The minimum Gasteiger partial charge on any atom is -0.493 e. The molecular weight excluding hydrogens is 1450 g/mol. The van der Waals surface area contributed by atoms with Crippen molar-refractivity contribution in [3.63, 3.8) is 0 Å². The third-order valence-electron chi connectivity index (χ3n) is 22.0. The Labute approximate surface area is 669 Å². The van der Waals surface area contributed by atoms with Crippen LogP contribution in [0.4, 0.5) is 0 Å². The van der Waals surface area contributed by atoms with E-state index in [0.29, 0.717) is 36.1 Å². The monoisotopic (exact) mass is 1570 g/mol. The smallest absolute Gasteiger partial charge is 0.328 e. The van der Waals surface area contributed by atoms with Crippen molar-refractivity contribution in [1.29, 1.82) is 10.5 Å². The number of piperidine rings is 3. The van der Waals surface area contributed by atoms with Gasteiger partial charge in [-0.1, -0.05) is 15.5 Å². The molecule has 6 aliphatic rings. The fourth-order valence-corrected chi connectivity index (χ4v) is 15.1. The molecule has 0 atom stereocenters. The predicted molar refractivity (Wildman–Crippen MR) is 434 cm³/mol. The quantitative estimate of drug-likeness (QED) is 0.0234. The highest BCUT2D eigenvalue weighted by Gasteiger charge is 2.30. The maximum atomic E-state index is 9.55. The summed E-state index contributed by atoms with van der Waals surface area (Å²) in [5.74, 6) is 2.22. The van der Waals surface area contributed by atoms with Crippen LogP contribution < -0.4 is 19.5 Å². The Morgan fingerprint density at radius 2 is 0.746 bits per heavy atom. The molecule has 0 amide bonds. The Morgan fingerprint density at radius 1 is 0.447 bits per heavy atom. The lowest BCUT2D eigenvalue weighted by molar-refractivity contribution is -0.134. The Bertz CT molecular complexity index is 4340. The first kappa shape index (κ1) is 86.5. The number of likely N-dealkylation sites (tertiary alicyclic amines) is 2. The molecule has 0 spiro atoms. The zero-order valence-corrected chi connectivity index (χ0v) is 67.8. The van der Waals surface area contributed by atoms with Crippen LogP contribution in [0.5, 0.6) is 17.2 Å². The van der Waals surface area contributed by atoms with Gasteiger partial charge in [-0.15, -0.1) is 0 Å². The Kier molecular flexibility index (Phi) is 32.7. The third kappa shape index (κ3) is 26.3. The van der Waals surface area contributed by atoms with Gasteiger partial charge in [-0.2, -0.15) is 10.5 Å². The summed E-state index contributed by atoms with van der Waals surface area (Å²) in [6.45, 7) is 19.3. The summed E-state index contributed by atoms with van der Waals surface area (Å²) in [6.07, 6.45) is 23.7. The van der Waals surface area contributed by atoms with Gasteiger partial charge in [0.15, 0.2) is 16.7 Å². The molecule has 0 radical (unpaired) electrons. The molecule has 3 aliphatic carbocycles. The highest BCUT2D eigenvalue weighted by molar-refractivity contribution is 5.90. The fraction of sp³-hybridized carbons (Fsp3) is 0.552. The lowest BCUT2D eigenvalue weighted by Crippen LogP contribution is -2.34. The summed E-state index contributed by atoms with van der Waals surface area (Å²) >= 11 is 0. The van der Waals surface area contributed by atoms with Gasteiger partial charge in [0, 0.05) is 97.7 Å². The molecule has 8 aromatic rings. The van der Waals surface area contributed by atoms with E-state index in [4.69, 9.17) is 48.2 Å². The van der Waals surface area contributed by atoms with Gasteiger partial charge in [0.2, 0.25) is 0 Å². The molecule has 3 saturated carbocycles. The van der Waals surface area contributed by atoms with Crippen molar-refractivity contribution >= 4 is 56.8 Å². The first-order valence-corrected chi connectivity index (χ1v) is 40.7. The molecule has 8 heterocycles. The number of hydrogen-bond donors (Lipinski definition) is 5. The molecule has 3 aromatic carbocycles. The molecule has 27 nitrogen and oxygen atoms in total. The van der Waals surface area contributed by atoms with Crippen LogP contribution in [-0.4, -0.2) is 195 Å². The zero-order valence-electron chi connectivity index (χ0n) is 67.8. The number of nitrogens with one attached hydrogen (secondary N) is 1. The topological polar surface area (TPSA) is 341 Å². The number of fused-ring (bicyclic) bond motifs is 3. The van der Waals surface area contributed by atoms with Crippen molar-refractivity contribution in [2.24, 2.45) is 35.5 Å². The van der Waals surface area contributed by atoms with E-state index in [9.17, 15) is 29.7 Å². The highest BCUT2D eigenvalue weighted by Crippen LogP contribution is 2.40. The van der Waals surface area contributed by atoms with Crippen LogP contribution in [0.2, 0.25) is 0 Å². The number of carboxylic acid groups (broad SMARTS) is 4. The van der Waals surface area contributed by atoms with E-state index in [1.165, 1.54) is 94.9 Å². The summed E-state index contributed by atoms with van der Waals surface area (Å²) in [6, 6.07) is 25.5. The van der Waals surface area contributed by atoms with Gasteiger partial charge < -0.3 is 77.4 Å². The second kappa shape index (κ2) is 43.0. The molecule has 614 valence electrons. The summed E-state index contributed by atoms with van der Waals surface area (Å²) in [5.41, 5.74) is 13.3. The van der Waals surface area contributed by atoms with Crippen LogP contribution in [-0.2, 0) is 84.3 Å². The number of nitriles is 2. The van der Waals surface area contributed by atoms with Crippen LogP contribution in [0.1, 0.15) is 167 Å². The number of aliphatic carboxylic acids is 4. The van der Waals surface area contributed by atoms with Gasteiger partial charge >= 0.3 is 23.9 Å². The van der Waals surface area contributed by atoms with Crippen molar-refractivity contribution in [1.82, 2.24) is 54.4 Å². The van der Waals surface area contributed by atoms with Crippen LogP contribution in [0.15, 0.2) is 98.5 Å². The van der Waals surface area contributed by atoms with Crippen molar-refractivity contribution in [3.8, 4) is 29.4 Å². The minimum atomic E-state index is -1.26. The Hall–Kier alpha value is -9.87. The SMILES string of the molecule is CCn1c(C#N)ccc1CN1CCC(CCc2noc3c(CN(C)C)c(OCC4CC4)ccc23)CC1.CCn1c(C#N)ccc1CN1CCC(CCc2noc3c(CN(C)C)c(OCC4CC4)ccc23)CC1.CN(C)Cc1c(OCC2CC2)ccc2c(CCC3CCNCC3)noc12.O=C(O)/C=C/C(=O)O.O=C(O)/C=C/C(=O)O. The van der Waals surface area contributed by atoms with Gasteiger partial charge in [-0.05, 0) is 307 Å². The van der Waals surface area contributed by atoms with Crippen molar-refractivity contribution in [2.75, 3.05) is 101 Å². The van der Waals surface area contributed by atoms with E-state index >= 15 is 0 Å². The molecule has 0 bridgehead atoms. The maximum Gasteiger partial charge on any atom is 0.328 e. The first-order valence-electron chi connectivity index (χ1n) is 40.7.